The van der Waals surface area contributed by atoms with E-state index in [2.05, 4.69) is 5.64 Å². The largest absolute Gasteiger partial charge is 0.443 e. The standard InChI is InChI=1S/C18H23N3O5/c1-17(2,3)25-16(23)20-10-18(12-6-4-5-7-13(12)20)11-21(15(18)22)14-8-9-24-19-26-14/h4-7,14,19H,8-11H2,1-3H3. The number of amides is 2. The molecule has 2 atom stereocenters. The molecule has 1 N–H and O–H groups in total. The molecule has 2 saturated heterocycles. The summed E-state index contributed by atoms with van der Waals surface area (Å²) in [5.41, 5.74) is 2.66. The van der Waals surface area contributed by atoms with Gasteiger partial charge in [0.25, 0.3) is 0 Å². The molecule has 2 unspecified atom stereocenters. The molecule has 0 bridgehead atoms. The molecule has 1 aromatic rings. The van der Waals surface area contributed by atoms with Crippen LogP contribution in [-0.2, 0) is 24.6 Å². The van der Waals surface area contributed by atoms with Gasteiger partial charge in [-0.05, 0) is 32.4 Å². The number of β-lactam (4-membered cyclic amide) rings is 1. The summed E-state index contributed by atoms with van der Waals surface area (Å²) in [5.74, 6) is -0.0373. The van der Waals surface area contributed by atoms with Gasteiger partial charge in [-0.3, -0.25) is 19.4 Å². The average molecular weight is 361 g/mol. The zero-order valence-corrected chi connectivity index (χ0v) is 15.2. The van der Waals surface area contributed by atoms with Crippen LogP contribution in [0.5, 0.6) is 0 Å². The van der Waals surface area contributed by atoms with Crippen molar-refractivity contribution in [2.45, 2.75) is 44.4 Å². The fourth-order valence-electron chi connectivity index (χ4n) is 3.77. The number of likely N-dealkylation sites (tertiary alicyclic amines) is 1. The van der Waals surface area contributed by atoms with E-state index in [4.69, 9.17) is 14.4 Å². The number of nitrogens with zero attached hydrogens (tertiary/aromatic N) is 2. The Balaban J connectivity index is 1.59. The van der Waals surface area contributed by atoms with Crippen molar-refractivity contribution in [3.8, 4) is 0 Å². The zero-order chi connectivity index (χ0) is 18.5. The molecular weight excluding hydrogens is 338 g/mol. The monoisotopic (exact) mass is 361 g/mol. The molecule has 140 valence electrons. The molecule has 26 heavy (non-hydrogen) atoms. The summed E-state index contributed by atoms with van der Waals surface area (Å²) in [6, 6.07) is 7.53. The number of anilines is 1. The number of rotatable bonds is 1. The molecule has 4 rings (SSSR count). The van der Waals surface area contributed by atoms with E-state index in [-0.39, 0.29) is 18.7 Å². The topological polar surface area (TPSA) is 80.3 Å². The Morgan fingerprint density at radius 1 is 1.31 bits per heavy atom. The Morgan fingerprint density at radius 2 is 2.08 bits per heavy atom. The molecule has 2 fully saturated rings. The first kappa shape index (κ1) is 17.3. The lowest BCUT2D eigenvalue weighted by Crippen LogP contribution is -2.70. The van der Waals surface area contributed by atoms with Crippen molar-refractivity contribution in [3.63, 3.8) is 0 Å². The van der Waals surface area contributed by atoms with E-state index in [1.54, 1.807) is 9.80 Å². The molecule has 0 radical (unpaired) electrons. The fraction of sp³-hybridized carbons (Fsp3) is 0.556. The van der Waals surface area contributed by atoms with Crippen LogP contribution >= 0.6 is 0 Å². The average Bonchev–Trinajstić information content (AvgIpc) is 2.96. The summed E-state index contributed by atoms with van der Waals surface area (Å²) in [6.07, 6.45) is -0.187. The minimum Gasteiger partial charge on any atom is -0.443 e. The first-order valence-electron chi connectivity index (χ1n) is 8.75. The van der Waals surface area contributed by atoms with Gasteiger partial charge in [0.05, 0.1) is 12.3 Å². The zero-order valence-electron chi connectivity index (χ0n) is 15.2. The van der Waals surface area contributed by atoms with Crippen molar-refractivity contribution in [1.29, 1.82) is 0 Å². The van der Waals surface area contributed by atoms with Gasteiger partial charge in [-0.25, -0.2) is 4.79 Å². The molecule has 3 aliphatic rings. The van der Waals surface area contributed by atoms with E-state index in [0.717, 1.165) is 11.3 Å². The van der Waals surface area contributed by atoms with E-state index in [9.17, 15) is 9.59 Å². The lowest BCUT2D eigenvalue weighted by atomic mass is 9.74. The van der Waals surface area contributed by atoms with Gasteiger partial charge < -0.3 is 9.64 Å². The number of benzene rings is 1. The number of nitrogens with one attached hydrogen (secondary N) is 1. The number of fused-ring (bicyclic) bond motifs is 2. The Hall–Kier alpha value is -2.16. The highest BCUT2D eigenvalue weighted by Crippen LogP contribution is 2.48. The first-order chi connectivity index (χ1) is 12.3. The van der Waals surface area contributed by atoms with E-state index >= 15 is 0 Å². The molecule has 0 aliphatic carbocycles. The second kappa shape index (κ2) is 5.94. The summed E-state index contributed by atoms with van der Waals surface area (Å²) in [4.78, 5) is 39.3. The van der Waals surface area contributed by atoms with Crippen molar-refractivity contribution in [2.75, 3.05) is 24.6 Å². The van der Waals surface area contributed by atoms with Gasteiger partial charge in [-0.15, -0.1) is 0 Å². The van der Waals surface area contributed by atoms with Crippen molar-refractivity contribution in [3.05, 3.63) is 29.8 Å². The van der Waals surface area contributed by atoms with Crippen LogP contribution < -0.4 is 10.5 Å². The van der Waals surface area contributed by atoms with Gasteiger partial charge in [0.1, 0.15) is 11.0 Å². The third kappa shape index (κ3) is 2.65. The highest BCUT2D eigenvalue weighted by molar-refractivity contribution is 6.03. The number of hydrogen-bond acceptors (Lipinski definition) is 6. The molecule has 8 heteroatoms. The summed E-state index contributed by atoms with van der Waals surface area (Å²) < 4.78 is 5.53. The highest BCUT2D eigenvalue weighted by atomic mass is 16.9. The van der Waals surface area contributed by atoms with Crippen LogP contribution in [0.15, 0.2) is 24.3 Å². The van der Waals surface area contributed by atoms with Crippen molar-refractivity contribution < 1.29 is 24.0 Å². The molecule has 8 nitrogen and oxygen atoms in total. The van der Waals surface area contributed by atoms with E-state index in [1.165, 1.54) is 0 Å². The maximum absolute atomic E-state index is 13.1. The van der Waals surface area contributed by atoms with E-state index in [0.29, 0.717) is 19.6 Å². The van der Waals surface area contributed by atoms with Crippen molar-refractivity contribution in [2.24, 2.45) is 0 Å². The molecule has 2 amide bonds. The lowest BCUT2D eigenvalue weighted by Gasteiger charge is -2.50. The third-order valence-electron chi connectivity index (χ3n) is 4.92. The van der Waals surface area contributed by atoms with Crippen LogP contribution in [0.25, 0.3) is 0 Å². The van der Waals surface area contributed by atoms with Crippen molar-refractivity contribution >= 4 is 17.7 Å². The summed E-state index contributed by atoms with van der Waals surface area (Å²) in [6.45, 7) is 6.74. The smallest absolute Gasteiger partial charge is 0.414 e. The number of carbonyl (C=O) groups excluding carboxylic acids is 2. The van der Waals surface area contributed by atoms with Gasteiger partial charge >= 0.3 is 6.09 Å². The molecule has 0 aromatic heterocycles. The molecular formula is C18H23N3O5. The van der Waals surface area contributed by atoms with Crippen LogP contribution in [0.1, 0.15) is 32.8 Å². The Bertz CT molecular complexity index is 741. The van der Waals surface area contributed by atoms with Crippen LogP contribution in [0.2, 0.25) is 0 Å². The van der Waals surface area contributed by atoms with Crippen LogP contribution in [0.4, 0.5) is 10.5 Å². The molecule has 1 aromatic carbocycles. The number of ether oxygens (including phenoxy) is 1. The molecule has 3 aliphatic heterocycles. The lowest BCUT2D eigenvalue weighted by molar-refractivity contribution is -0.278. The number of hydrogen-bond donors (Lipinski definition) is 1. The van der Waals surface area contributed by atoms with E-state index in [1.807, 2.05) is 45.0 Å². The Kier molecular flexibility index (Phi) is 3.94. The van der Waals surface area contributed by atoms with Gasteiger partial charge in [0.15, 0.2) is 6.23 Å². The third-order valence-corrected chi connectivity index (χ3v) is 4.92. The van der Waals surface area contributed by atoms with Gasteiger partial charge in [-0.1, -0.05) is 23.8 Å². The number of carbonyl (C=O) groups is 2. The minimum atomic E-state index is -0.727. The normalized spacial score (nSPS) is 28.1. The second-order valence-electron chi connectivity index (χ2n) is 7.89. The summed E-state index contributed by atoms with van der Waals surface area (Å²) in [5, 5.41) is 0. The van der Waals surface area contributed by atoms with Gasteiger partial charge in [0.2, 0.25) is 5.91 Å². The number of para-hydroxylation sites is 1. The predicted molar refractivity (Wildman–Crippen MR) is 92.0 cm³/mol. The van der Waals surface area contributed by atoms with Crippen LogP contribution in [-0.4, -0.2) is 48.4 Å². The first-order valence-corrected chi connectivity index (χ1v) is 8.75. The second-order valence-corrected chi connectivity index (χ2v) is 7.89. The van der Waals surface area contributed by atoms with Crippen molar-refractivity contribution in [1.82, 2.24) is 10.5 Å². The summed E-state index contributed by atoms with van der Waals surface area (Å²) in [7, 11) is 0. The highest BCUT2D eigenvalue weighted by Gasteiger charge is 2.61. The molecule has 1 spiro atoms. The van der Waals surface area contributed by atoms with Crippen LogP contribution in [0.3, 0.4) is 0 Å². The molecule has 0 saturated carbocycles. The maximum Gasteiger partial charge on any atom is 0.414 e. The van der Waals surface area contributed by atoms with E-state index < -0.39 is 17.1 Å². The van der Waals surface area contributed by atoms with Gasteiger partial charge in [0, 0.05) is 19.5 Å². The predicted octanol–water partition coefficient (Wildman–Crippen LogP) is 1.70. The fourth-order valence-corrected chi connectivity index (χ4v) is 3.77. The molecule has 3 heterocycles. The quantitative estimate of drug-likeness (QED) is 0.767. The SMILES string of the molecule is CC(C)(C)OC(=O)N1CC2(CN(C3CCONO3)C2=O)c2ccccc21. The maximum atomic E-state index is 13.1. The summed E-state index contributed by atoms with van der Waals surface area (Å²) >= 11 is 0. The Labute approximate surface area is 151 Å². The minimum absolute atomic E-state index is 0.0373. The van der Waals surface area contributed by atoms with Crippen LogP contribution in [0, 0.1) is 0 Å². The Morgan fingerprint density at radius 3 is 2.73 bits per heavy atom. The van der Waals surface area contributed by atoms with Gasteiger partial charge in [-0.2, -0.15) is 0 Å².